The molecule has 1 saturated heterocycles. The fourth-order valence-electron chi connectivity index (χ4n) is 2.65. The zero-order valence-electron chi connectivity index (χ0n) is 11.2. The van der Waals surface area contributed by atoms with Crippen LogP contribution in [0.3, 0.4) is 0 Å². The summed E-state index contributed by atoms with van der Waals surface area (Å²) in [7, 11) is 0. The lowest BCUT2D eigenvalue weighted by atomic mass is 9.99. The average Bonchev–Trinajstić information content (AvgIpc) is 2.47. The van der Waals surface area contributed by atoms with E-state index >= 15 is 0 Å². The number of carbonyl (C=O) groups is 1. The zero-order chi connectivity index (χ0) is 13.7. The molecule has 0 bridgehead atoms. The quantitative estimate of drug-likeness (QED) is 0.848. The molecule has 1 aromatic carbocycles. The van der Waals surface area contributed by atoms with Crippen molar-refractivity contribution in [3.05, 3.63) is 35.9 Å². The molecule has 4 nitrogen and oxygen atoms in total. The van der Waals surface area contributed by atoms with Gasteiger partial charge in [0.2, 0.25) is 5.91 Å². The SMILES string of the molecule is N[C@@H](Cc1ccccc1)C(=O)N1CCCCC1CO. The Bertz CT molecular complexity index is 408. The van der Waals surface area contributed by atoms with E-state index in [2.05, 4.69) is 0 Å². The first kappa shape index (κ1) is 14.0. The molecule has 0 aliphatic carbocycles. The van der Waals surface area contributed by atoms with Gasteiger partial charge in [-0.2, -0.15) is 0 Å². The number of rotatable bonds is 4. The van der Waals surface area contributed by atoms with Crippen molar-refractivity contribution < 1.29 is 9.90 Å². The highest BCUT2D eigenvalue weighted by atomic mass is 16.3. The Morgan fingerprint density at radius 1 is 1.37 bits per heavy atom. The predicted molar refractivity (Wildman–Crippen MR) is 74.6 cm³/mol. The van der Waals surface area contributed by atoms with Gasteiger partial charge in [-0.1, -0.05) is 30.3 Å². The van der Waals surface area contributed by atoms with Gasteiger partial charge in [0.25, 0.3) is 0 Å². The van der Waals surface area contributed by atoms with E-state index in [0.717, 1.165) is 24.8 Å². The van der Waals surface area contributed by atoms with Gasteiger partial charge in [-0.05, 0) is 31.2 Å². The van der Waals surface area contributed by atoms with E-state index in [1.807, 2.05) is 30.3 Å². The van der Waals surface area contributed by atoms with E-state index in [-0.39, 0.29) is 18.6 Å². The van der Waals surface area contributed by atoms with E-state index in [9.17, 15) is 9.90 Å². The predicted octanol–water partition coefficient (Wildman–Crippen LogP) is 0.930. The summed E-state index contributed by atoms with van der Waals surface area (Å²) in [5, 5.41) is 9.35. The minimum Gasteiger partial charge on any atom is -0.394 e. The van der Waals surface area contributed by atoms with Crippen LogP contribution in [0.1, 0.15) is 24.8 Å². The standard InChI is InChI=1S/C15H22N2O2/c16-14(10-12-6-2-1-3-7-12)15(19)17-9-5-4-8-13(17)11-18/h1-3,6-7,13-14,18H,4-5,8-11,16H2/t13?,14-/m0/s1. The van der Waals surface area contributed by atoms with Crippen molar-refractivity contribution >= 4 is 5.91 Å². The van der Waals surface area contributed by atoms with Crippen LogP contribution in [0.5, 0.6) is 0 Å². The van der Waals surface area contributed by atoms with Crippen molar-refractivity contribution in [3.8, 4) is 0 Å². The number of nitrogens with two attached hydrogens (primary N) is 1. The highest BCUT2D eigenvalue weighted by molar-refractivity contribution is 5.82. The summed E-state index contributed by atoms with van der Waals surface area (Å²) in [6.45, 7) is 0.746. The van der Waals surface area contributed by atoms with Gasteiger partial charge in [-0.3, -0.25) is 4.79 Å². The molecule has 3 N–H and O–H groups in total. The number of aliphatic hydroxyl groups excluding tert-OH is 1. The highest BCUT2D eigenvalue weighted by Crippen LogP contribution is 2.18. The van der Waals surface area contributed by atoms with Gasteiger partial charge in [0.05, 0.1) is 18.7 Å². The molecule has 19 heavy (non-hydrogen) atoms. The van der Waals surface area contributed by atoms with Gasteiger partial charge in [-0.15, -0.1) is 0 Å². The van der Waals surface area contributed by atoms with Crippen LogP contribution in [0.2, 0.25) is 0 Å². The number of hydrogen-bond donors (Lipinski definition) is 2. The van der Waals surface area contributed by atoms with Gasteiger partial charge >= 0.3 is 0 Å². The molecule has 1 unspecified atom stereocenters. The summed E-state index contributed by atoms with van der Waals surface area (Å²) >= 11 is 0. The minimum absolute atomic E-state index is 0.0315. The molecule has 104 valence electrons. The Morgan fingerprint density at radius 3 is 2.79 bits per heavy atom. The van der Waals surface area contributed by atoms with E-state index in [0.29, 0.717) is 13.0 Å². The summed E-state index contributed by atoms with van der Waals surface area (Å²) in [5.41, 5.74) is 7.09. The van der Waals surface area contributed by atoms with E-state index in [1.54, 1.807) is 4.90 Å². The largest absolute Gasteiger partial charge is 0.394 e. The van der Waals surface area contributed by atoms with Crippen LogP contribution < -0.4 is 5.73 Å². The molecule has 1 heterocycles. The normalized spacial score (nSPS) is 21.2. The maximum absolute atomic E-state index is 12.4. The molecule has 1 aliphatic rings. The molecule has 1 amide bonds. The minimum atomic E-state index is -0.519. The smallest absolute Gasteiger partial charge is 0.240 e. The van der Waals surface area contributed by atoms with Crippen molar-refractivity contribution in [2.75, 3.05) is 13.2 Å². The van der Waals surface area contributed by atoms with Gasteiger partial charge in [0, 0.05) is 6.54 Å². The van der Waals surface area contributed by atoms with Crippen molar-refractivity contribution in [1.29, 1.82) is 0 Å². The second-order valence-electron chi connectivity index (χ2n) is 5.16. The molecule has 0 radical (unpaired) electrons. The van der Waals surface area contributed by atoms with Crippen molar-refractivity contribution in [2.24, 2.45) is 5.73 Å². The fraction of sp³-hybridized carbons (Fsp3) is 0.533. The highest BCUT2D eigenvalue weighted by Gasteiger charge is 2.29. The van der Waals surface area contributed by atoms with Crippen LogP contribution in [0.15, 0.2) is 30.3 Å². The summed E-state index contributed by atoms with van der Waals surface area (Å²) in [6, 6.07) is 9.23. The number of aliphatic hydroxyl groups is 1. The van der Waals surface area contributed by atoms with Gasteiger partial charge in [-0.25, -0.2) is 0 Å². The van der Waals surface area contributed by atoms with Gasteiger partial charge < -0.3 is 15.7 Å². The Kier molecular flexibility index (Phi) is 4.93. The monoisotopic (exact) mass is 262 g/mol. The molecule has 1 aliphatic heterocycles. The molecule has 0 aromatic heterocycles. The second kappa shape index (κ2) is 6.68. The molecule has 1 fully saturated rings. The molecule has 2 rings (SSSR count). The zero-order valence-corrected chi connectivity index (χ0v) is 11.2. The first-order valence-electron chi connectivity index (χ1n) is 6.93. The Labute approximate surface area is 114 Å². The Morgan fingerprint density at radius 2 is 2.11 bits per heavy atom. The maximum Gasteiger partial charge on any atom is 0.240 e. The summed E-state index contributed by atoms with van der Waals surface area (Å²) in [6.07, 6.45) is 3.50. The first-order valence-corrected chi connectivity index (χ1v) is 6.93. The fourth-order valence-corrected chi connectivity index (χ4v) is 2.65. The third-order valence-corrected chi connectivity index (χ3v) is 3.74. The van der Waals surface area contributed by atoms with Crippen LogP contribution in [-0.2, 0) is 11.2 Å². The van der Waals surface area contributed by atoms with E-state index in [1.165, 1.54) is 0 Å². The number of carbonyl (C=O) groups excluding carboxylic acids is 1. The average molecular weight is 262 g/mol. The molecule has 1 aromatic rings. The number of benzene rings is 1. The lowest BCUT2D eigenvalue weighted by Crippen LogP contribution is -2.52. The molecule has 4 heteroatoms. The summed E-state index contributed by atoms with van der Waals surface area (Å²) in [5.74, 6) is -0.0393. The van der Waals surface area contributed by atoms with Crippen molar-refractivity contribution in [1.82, 2.24) is 4.90 Å². The maximum atomic E-state index is 12.4. The third-order valence-electron chi connectivity index (χ3n) is 3.74. The third kappa shape index (κ3) is 3.55. The lowest BCUT2D eigenvalue weighted by molar-refractivity contribution is -0.137. The lowest BCUT2D eigenvalue weighted by Gasteiger charge is -2.36. The topological polar surface area (TPSA) is 66.6 Å². The van der Waals surface area contributed by atoms with Crippen LogP contribution in [0, 0.1) is 0 Å². The van der Waals surface area contributed by atoms with Crippen LogP contribution in [0.4, 0.5) is 0 Å². The van der Waals surface area contributed by atoms with Crippen LogP contribution in [-0.4, -0.2) is 41.1 Å². The Hall–Kier alpha value is -1.39. The number of nitrogens with zero attached hydrogens (tertiary/aromatic N) is 1. The summed E-state index contributed by atoms with van der Waals surface area (Å²) in [4.78, 5) is 14.1. The van der Waals surface area contributed by atoms with Gasteiger partial charge in [0.15, 0.2) is 0 Å². The van der Waals surface area contributed by atoms with Crippen molar-refractivity contribution in [3.63, 3.8) is 0 Å². The first-order chi connectivity index (χ1) is 9.22. The van der Waals surface area contributed by atoms with Gasteiger partial charge in [0.1, 0.15) is 0 Å². The number of piperidine rings is 1. The second-order valence-corrected chi connectivity index (χ2v) is 5.16. The van der Waals surface area contributed by atoms with Crippen LogP contribution >= 0.6 is 0 Å². The Balaban J connectivity index is 1.98. The number of hydrogen-bond acceptors (Lipinski definition) is 3. The van der Waals surface area contributed by atoms with Crippen molar-refractivity contribution in [2.45, 2.75) is 37.8 Å². The molecule has 0 saturated carbocycles. The number of amides is 1. The van der Waals surface area contributed by atoms with E-state index in [4.69, 9.17) is 5.73 Å². The molecule has 0 spiro atoms. The van der Waals surface area contributed by atoms with Crippen LogP contribution in [0.25, 0.3) is 0 Å². The summed E-state index contributed by atoms with van der Waals surface area (Å²) < 4.78 is 0. The number of likely N-dealkylation sites (tertiary alicyclic amines) is 1. The molecular weight excluding hydrogens is 240 g/mol. The molecule has 2 atom stereocenters. The van der Waals surface area contributed by atoms with E-state index < -0.39 is 6.04 Å². The molecular formula is C15H22N2O2.